The van der Waals surface area contributed by atoms with Gasteiger partial charge in [-0.2, -0.15) is 0 Å². The fourth-order valence-electron chi connectivity index (χ4n) is 7.88. The van der Waals surface area contributed by atoms with Crippen LogP contribution in [0.3, 0.4) is 0 Å². The third kappa shape index (κ3) is 8.04. The summed E-state index contributed by atoms with van der Waals surface area (Å²) in [4.78, 5) is 44.2. The van der Waals surface area contributed by atoms with Gasteiger partial charge in [-0.3, -0.25) is 9.36 Å². The molecule has 2 aliphatic heterocycles. The average Bonchev–Trinajstić information content (AvgIpc) is 3.59. The molecule has 0 bridgehead atoms. The van der Waals surface area contributed by atoms with Gasteiger partial charge in [0, 0.05) is 62.2 Å². The molecule has 1 N–H and O–H groups in total. The van der Waals surface area contributed by atoms with E-state index in [0.717, 1.165) is 55.5 Å². The highest BCUT2D eigenvalue weighted by Crippen LogP contribution is 2.49. The number of halogens is 2. The van der Waals surface area contributed by atoms with Gasteiger partial charge in [-0.25, -0.2) is 28.5 Å². The monoisotopic (exact) mass is 669 g/mol. The lowest BCUT2D eigenvalue weighted by atomic mass is 9.69. The van der Waals surface area contributed by atoms with Gasteiger partial charge in [-0.15, -0.1) is 0 Å². The molecule has 4 heterocycles. The van der Waals surface area contributed by atoms with E-state index in [-0.39, 0.29) is 34.5 Å². The van der Waals surface area contributed by atoms with Gasteiger partial charge in [-0.05, 0) is 68.6 Å². The lowest BCUT2D eigenvalue weighted by molar-refractivity contribution is 0.0230. The number of hydrogen-bond acceptors (Lipinski definition) is 6. The number of urea groups is 1. The number of piperidine rings is 2. The molecule has 9 nitrogen and oxygen atoms in total. The third-order valence-corrected chi connectivity index (χ3v) is 10.6. The van der Waals surface area contributed by atoms with Crippen LogP contribution in [0, 0.1) is 11.3 Å². The van der Waals surface area contributed by atoms with Crippen molar-refractivity contribution in [2.75, 3.05) is 19.6 Å². The largest absolute Gasteiger partial charge is 0.324 e. The van der Waals surface area contributed by atoms with Gasteiger partial charge in [0.25, 0.3) is 5.56 Å². The van der Waals surface area contributed by atoms with Crippen molar-refractivity contribution in [1.82, 2.24) is 34.6 Å². The highest BCUT2D eigenvalue weighted by Gasteiger charge is 2.48. The van der Waals surface area contributed by atoms with Gasteiger partial charge in [0.15, 0.2) is 0 Å². The van der Waals surface area contributed by atoms with E-state index in [2.05, 4.69) is 26.8 Å². The van der Waals surface area contributed by atoms with Crippen molar-refractivity contribution in [2.24, 2.45) is 11.3 Å². The molecule has 3 fully saturated rings. The normalized spacial score (nSPS) is 22.8. The zero-order valence-corrected chi connectivity index (χ0v) is 28.1. The van der Waals surface area contributed by atoms with Crippen molar-refractivity contribution in [3.63, 3.8) is 0 Å². The maximum Gasteiger partial charge on any atom is 0.320 e. The molecule has 258 valence electrons. The molecule has 0 radical (unpaired) electrons. The number of nitrogens with one attached hydrogen (secondary N) is 1. The Morgan fingerprint density at radius 3 is 2.59 bits per heavy atom. The Kier molecular flexibility index (Phi) is 10.8. The Hall–Kier alpha value is -4.51. The smallest absolute Gasteiger partial charge is 0.320 e. The first-order chi connectivity index (χ1) is 23.7. The molecule has 1 aromatic carbocycles. The summed E-state index contributed by atoms with van der Waals surface area (Å²) in [6, 6.07) is 12.4. The van der Waals surface area contributed by atoms with Crippen molar-refractivity contribution in [1.29, 1.82) is 0 Å². The second-order valence-corrected chi connectivity index (χ2v) is 13.7. The van der Waals surface area contributed by atoms with Gasteiger partial charge >= 0.3 is 6.03 Å². The average molecular weight is 670 g/mol. The predicted octanol–water partition coefficient (Wildman–Crippen LogP) is 6.61. The van der Waals surface area contributed by atoms with E-state index < -0.39 is 17.7 Å². The number of allylic oxidation sites excluding steroid dienone is 3. The maximum absolute atomic E-state index is 15.4. The van der Waals surface area contributed by atoms with Crippen LogP contribution in [-0.4, -0.2) is 67.1 Å². The van der Waals surface area contributed by atoms with Gasteiger partial charge in [0.05, 0.1) is 29.6 Å². The Bertz CT molecular complexity index is 1730. The number of amides is 2. The molecule has 1 aliphatic carbocycles. The van der Waals surface area contributed by atoms with Crippen molar-refractivity contribution in [3.8, 4) is 11.3 Å². The molecule has 3 aromatic rings. The lowest BCUT2D eigenvalue weighted by Crippen LogP contribution is -2.59. The van der Waals surface area contributed by atoms with Crippen LogP contribution in [0.4, 0.5) is 13.6 Å². The molecule has 6 rings (SSSR count). The van der Waals surface area contributed by atoms with Gasteiger partial charge in [-0.1, -0.05) is 49.8 Å². The molecule has 3 aliphatic rings. The molecule has 2 amide bonds. The summed E-state index contributed by atoms with van der Waals surface area (Å²) >= 11 is 0. The number of aromatic nitrogens is 4. The molecule has 2 aromatic heterocycles. The predicted molar refractivity (Wildman–Crippen MR) is 185 cm³/mol. The van der Waals surface area contributed by atoms with Crippen molar-refractivity contribution >= 4 is 6.03 Å². The van der Waals surface area contributed by atoms with E-state index in [4.69, 9.17) is 0 Å². The van der Waals surface area contributed by atoms with Crippen LogP contribution in [0.25, 0.3) is 11.3 Å². The van der Waals surface area contributed by atoms with Crippen LogP contribution in [0.2, 0.25) is 0 Å². The second-order valence-electron chi connectivity index (χ2n) is 13.7. The number of rotatable bonds is 9. The first-order valence-electron chi connectivity index (χ1n) is 17.3. The first-order valence-corrected chi connectivity index (χ1v) is 17.3. The molecule has 0 unspecified atom stereocenters. The minimum Gasteiger partial charge on any atom is -0.324 e. The van der Waals surface area contributed by atoms with Crippen LogP contribution in [-0.2, 0) is 13.1 Å². The van der Waals surface area contributed by atoms with E-state index in [1.165, 1.54) is 13.3 Å². The second kappa shape index (κ2) is 15.4. The number of carbonyl (C=O) groups excluding carboxylic acids is 1. The summed E-state index contributed by atoms with van der Waals surface area (Å²) in [5.74, 6) is -0.932. The number of nitrogens with zero attached hydrogens (tertiary/aromatic N) is 6. The maximum atomic E-state index is 15.4. The Morgan fingerprint density at radius 1 is 1.08 bits per heavy atom. The van der Waals surface area contributed by atoms with Crippen LogP contribution >= 0.6 is 0 Å². The van der Waals surface area contributed by atoms with Gasteiger partial charge in [0.2, 0.25) is 0 Å². The van der Waals surface area contributed by atoms with Crippen molar-refractivity contribution < 1.29 is 13.6 Å². The van der Waals surface area contributed by atoms with E-state index in [1.807, 2.05) is 41.3 Å². The van der Waals surface area contributed by atoms with E-state index in [1.54, 1.807) is 28.1 Å². The Balaban J connectivity index is 1.17. The topological polar surface area (TPSA) is 96.2 Å². The molecule has 3 atom stereocenters. The summed E-state index contributed by atoms with van der Waals surface area (Å²) in [5, 5.41) is 3.51. The van der Waals surface area contributed by atoms with Crippen LogP contribution in [0.1, 0.15) is 57.6 Å². The first kappa shape index (κ1) is 34.4. The Labute approximate surface area is 286 Å². The molecule has 49 heavy (non-hydrogen) atoms. The number of benzene rings is 1. The molecule has 11 heteroatoms. The third-order valence-electron chi connectivity index (χ3n) is 10.6. The molecule has 1 saturated carbocycles. The fraction of sp³-hybridized carbons (Fsp3) is 0.447. The SMILES string of the molecule is C=C(/C(F)=C\C=C(/C)F)[C@@H]1C[C@H](NCc2ccncn2)CCN1C(=O)N1CC[C@@H](Cn2cnc(-c3ccccc3)cc2=O)C2(CCCC2)C1. The standard InChI is InChI=1S/C38H45F2N7O2/c1-27(39)10-11-33(40)28(2)35-20-31(42-22-32-12-17-41-25-43-32)14-19-47(35)37(49)45-18-13-30(38(24-45)15-6-7-16-38)23-46-26-44-34(21-36(46)48)29-8-4-3-5-9-29/h3-5,8-12,17,21,25-26,30-31,35,42H,2,6-7,13-16,18-20,22-24H2,1H3/b27-10+,33-11+/t30-,31+,35-/m0/s1. The number of hydrogen-bond donors (Lipinski definition) is 1. The minimum atomic E-state index is -0.639. The summed E-state index contributed by atoms with van der Waals surface area (Å²) < 4.78 is 30.6. The van der Waals surface area contributed by atoms with E-state index >= 15 is 4.39 Å². The zero-order valence-electron chi connectivity index (χ0n) is 28.1. The van der Waals surface area contributed by atoms with Crippen molar-refractivity contribution in [2.45, 2.75) is 77.0 Å². The molecular formula is C38H45F2N7O2. The van der Waals surface area contributed by atoms with Crippen LogP contribution in [0.5, 0.6) is 0 Å². The summed E-state index contributed by atoms with van der Waals surface area (Å²) in [6.45, 7) is 7.95. The zero-order chi connectivity index (χ0) is 34.4. The lowest BCUT2D eigenvalue weighted by Gasteiger charge is -2.49. The van der Waals surface area contributed by atoms with Crippen LogP contribution < -0.4 is 10.9 Å². The fourth-order valence-corrected chi connectivity index (χ4v) is 7.88. The minimum absolute atomic E-state index is 0.000806. The Morgan fingerprint density at radius 2 is 1.88 bits per heavy atom. The summed E-state index contributed by atoms with van der Waals surface area (Å²) in [6.07, 6.45) is 13.1. The number of likely N-dealkylation sites (tertiary alicyclic amines) is 2. The van der Waals surface area contributed by atoms with Gasteiger partial charge < -0.3 is 15.1 Å². The molecule has 2 saturated heterocycles. The highest BCUT2D eigenvalue weighted by atomic mass is 19.1. The van der Waals surface area contributed by atoms with Crippen molar-refractivity contribution in [3.05, 3.63) is 113 Å². The van der Waals surface area contributed by atoms with E-state index in [9.17, 15) is 14.0 Å². The van der Waals surface area contributed by atoms with Gasteiger partial charge in [0.1, 0.15) is 12.2 Å². The summed E-state index contributed by atoms with van der Waals surface area (Å²) in [5.41, 5.74) is 2.38. The van der Waals surface area contributed by atoms with E-state index in [0.29, 0.717) is 51.3 Å². The highest BCUT2D eigenvalue weighted by molar-refractivity contribution is 5.76. The number of carbonyl (C=O) groups is 1. The summed E-state index contributed by atoms with van der Waals surface area (Å²) in [7, 11) is 0. The molecule has 1 spiro atoms. The quantitative estimate of drug-likeness (QED) is 0.258. The molecular weight excluding hydrogens is 624 g/mol. The van der Waals surface area contributed by atoms with Crippen LogP contribution in [0.15, 0.2) is 102 Å².